The van der Waals surface area contributed by atoms with Gasteiger partial charge in [-0.2, -0.15) is 5.26 Å². The predicted molar refractivity (Wildman–Crippen MR) is 96.2 cm³/mol. The number of carbonyl (C=O) groups excluding carboxylic acids is 1. The van der Waals surface area contributed by atoms with Crippen LogP contribution >= 0.6 is 0 Å². The molecule has 2 amide bonds. The molecule has 0 spiro atoms. The number of carbonyl (C=O) groups is 1. The van der Waals surface area contributed by atoms with Crippen LogP contribution in [0.5, 0.6) is 11.6 Å². The largest absolute Gasteiger partial charge is 0.494 e. The van der Waals surface area contributed by atoms with Gasteiger partial charge in [0.1, 0.15) is 11.9 Å². The number of aromatic nitrogens is 1. The molecule has 0 radical (unpaired) electrons. The molecule has 1 unspecified atom stereocenters. The summed E-state index contributed by atoms with van der Waals surface area (Å²) in [6.07, 6.45) is 2.12. The topological polar surface area (TPSA) is 87.5 Å². The summed E-state index contributed by atoms with van der Waals surface area (Å²) in [7, 11) is 0. The zero-order chi connectivity index (χ0) is 18.4. The fourth-order valence-electron chi connectivity index (χ4n) is 2.73. The summed E-state index contributed by atoms with van der Waals surface area (Å²) in [6, 6.07) is 12.4. The molecule has 1 aromatic heterocycles. The summed E-state index contributed by atoms with van der Waals surface area (Å²) >= 11 is 0. The minimum atomic E-state index is -0.168. The molecule has 134 valence electrons. The Labute approximate surface area is 152 Å². The standard InChI is InChI=1S/C19H20N4O3/c1-2-25-16-5-3-15(4-6-16)22-19(24)23-10-8-17(13-23)26-18-11-14(12-20)7-9-21-18/h3-7,9,11,17H,2,8,10,13H2,1H3,(H,22,24). The van der Waals surface area contributed by atoms with Crippen molar-refractivity contribution in [2.24, 2.45) is 0 Å². The van der Waals surface area contributed by atoms with E-state index in [1.54, 1.807) is 23.2 Å². The third-order valence-corrected chi connectivity index (χ3v) is 4.00. The van der Waals surface area contributed by atoms with Crippen molar-refractivity contribution in [3.05, 3.63) is 48.2 Å². The Kier molecular flexibility index (Phi) is 5.54. The van der Waals surface area contributed by atoms with Crippen LogP contribution in [0.4, 0.5) is 10.5 Å². The van der Waals surface area contributed by atoms with E-state index in [0.29, 0.717) is 36.8 Å². The van der Waals surface area contributed by atoms with Gasteiger partial charge >= 0.3 is 6.03 Å². The molecule has 7 nitrogen and oxygen atoms in total. The summed E-state index contributed by atoms with van der Waals surface area (Å²) in [4.78, 5) is 18.2. The highest BCUT2D eigenvalue weighted by atomic mass is 16.5. The predicted octanol–water partition coefficient (Wildman–Crippen LogP) is 3.04. The number of benzene rings is 1. The van der Waals surface area contributed by atoms with Crippen molar-refractivity contribution in [3.63, 3.8) is 0 Å². The van der Waals surface area contributed by atoms with Crippen molar-refractivity contribution in [1.82, 2.24) is 9.88 Å². The van der Waals surface area contributed by atoms with Gasteiger partial charge < -0.3 is 19.7 Å². The molecule has 1 aliphatic rings. The molecular formula is C19H20N4O3. The summed E-state index contributed by atoms with van der Waals surface area (Å²) in [5.74, 6) is 1.18. The average molecular weight is 352 g/mol. The van der Waals surface area contributed by atoms with E-state index in [0.717, 1.165) is 12.2 Å². The van der Waals surface area contributed by atoms with Crippen molar-refractivity contribution in [3.8, 4) is 17.7 Å². The zero-order valence-corrected chi connectivity index (χ0v) is 14.5. The van der Waals surface area contributed by atoms with E-state index in [-0.39, 0.29) is 12.1 Å². The van der Waals surface area contributed by atoms with Crippen molar-refractivity contribution >= 4 is 11.7 Å². The van der Waals surface area contributed by atoms with Crippen LogP contribution in [0.25, 0.3) is 0 Å². The molecule has 1 saturated heterocycles. The molecule has 1 atom stereocenters. The van der Waals surface area contributed by atoms with Gasteiger partial charge in [0.25, 0.3) is 0 Å². The Hall–Kier alpha value is -3.27. The number of hydrogen-bond donors (Lipinski definition) is 1. The molecule has 0 aliphatic carbocycles. The Bertz CT molecular complexity index is 801. The van der Waals surface area contributed by atoms with Crippen LogP contribution in [-0.4, -0.2) is 41.7 Å². The van der Waals surface area contributed by atoms with Crippen LogP contribution in [-0.2, 0) is 0 Å². The molecule has 1 aromatic carbocycles. The van der Waals surface area contributed by atoms with E-state index >= 15 is 0 Å². The second-order valence-corrected chi connectivity index (χ2v) is 5.86. The number of ether oxygens (including phenoxy) is 2. The zero-order valence-electron chi connectivity index (χ0n) is 14.5. The van der Waals surface area contributed by atoms with Gasteiger partial charge in [-0.3, -0.25) is 0 Å². The second-order valence-electron chi connectivity index (χ2n) is 5.86. The minimum absolute atomic E-state index is 0.137. The maximum Gasteiger partial charge on any atom is 0.321 e. The number of anilines is 1. The fraction of sp³-hybridized carbons (Fsp3) is 0.316. The lowest BCUT2D eigenvalue weighted by molar-refractivity contribution is 0.190. The van der Waals surface area contributed by atoms with E-state index < -0.39 is 0 Å². The molecule has 2 aromatic rings. The summed E-state index contributed by atoms with van der Waals surface area (Å²) < 4.78 is 11.2. The number of rotatable bonds is 5. The molecule has 0 saturated carbocycles. The highest BCUT2D eigenvalue weighted by Crippen LogP contribution is 2.20. The first kappa shape index (κ1) is 17.5. The van der Waals surface area contributed by atoms with Gasteiger partial charge in [0, 0.05) is 30.9 Å². The van der Waals surface area contributed by atoms with Crippen LogP contribution in [0.15, 0.2) is 42.6 Å². The number of urea groups is 1. The Morgan fingerprint density at radius 2 is 2.19 bits per heavy atom. The molecule has 1 aliphatic heterocycles. The van der Waals surface area contributed by atoms with Crippen LogP contribution < -0.4 is 14.8 Å². The molecule has 1 fully saturated rings. The van der Waals surface area contributed by atoms with Crippen LogP contribution in [0.2, 0.25) is 0 Å². The number of likely N-dealkylation sites (tertiary alicyclic amines) is 1. The lowest BCUT2D eigenvalue weighted by Crippen LogP contribution is -2.34. The maximum atomic E-state index is 12.4. The number of hydrogen-bond acceptors (Lipinski definition) is 5. The fourth-order valence-corrected chi connectivity index (χ4v) is 2.73. The summed E-state index contributed by atoms with van der Waals surface area (Å²) in [6.45, 7) is 3.60. The average Bonchev–Trinajstić information content (AvgIpc) is 3.12. The number of amides is 2. The van der Waals surface area contributed by atoms with Crippen molar-refractivity contribution in [1.29, 1.82) is 5.26 Å². The van der Waals surface area contributed by atoms with Crippen LogP contribution in [0.1, 0.15) is 18.9 Å². The summed E-state index contributed by atoms with van der Waals surface area (Å²) in [5, 5.41) is 11.8. The second kappa shape index (κ2) is 8.21. The summed E-state index contributed by atoms with van der Waals surface area (Å²) in [5.41, 5.74) is 1.21. The Morgan fingerprint density at radius 3 is 2.92 bits per heavy atom. The van der Waals surface area contributed by atoms with Crippen LogP contribution in [0, 0.1) is 11.3 Å². The SMILES string of the molecule is CCOc1ccc(NC(=O)N2CCC(Oc3cc(C#N)ccn3)C2)cc1. The van der Waals surface area contributed by atoms with Gasteiger partial charge in [-0.1, -0.05) is 0 Å². The number of nitrogens with one attached hydrogen (secondary N) is 1. The smallest absolute Gasteiger partial charge is 0.321 e. The Morgan fingerprint density at radius 1 is 1.38 bits per heavy atom. The van der Waals surface area contributed by atoms with Gasteiger partial charge in [-0.15, -0.1) is 0 Å². The molecule has 3 rings (SSSR count). The Balaban J connectivity index is 1.52. The molecule has 26 heavy (non-hydrogen) atoms. The first-order valence-electron chi connectivity index (χ1n) is 8.49. The molecule has 0 bridgehead atoms. The number of nitriles is 1. The van der Waals surface area contributed by atoms with Crippen LogP contribution in [0.3, 0.4) is 0 Å². The molecule has 2 heterocycles. The lowest BCUT2D eigenvalue weighted by Gasteiger charge is -2.18. The van der Waals surface area contributed by atoms with Crippen molar-refractivity contribution < 1.29 is 14.3 Å². The third kappa shape index (κ3) is 4.42. The molecular weight excluding hydrogens is 332 g/mol. The first-order valence-corrected chi connectivity index (χ1v) is 8.49. The van der Waals surface area contributed by atoms with Gasteiger partial charge in [-0.25, -0.2) is 9.78 Å². The van der Waals surface area contributed by atoms with Gasteiger partial charge in [0.15, 0.2) is 0 Å². The van der Waals surface area contributed by atoms with E-state index in [1.165, 1.54) is 0 Å². The van der Waals surface area contributed by atoms with Crippen molar-refractivity contribution in [2.45, 2.75) is 19.4 Å². The monoisotopic (exact) mass is 352 g/mol. The highest BCUT2D eigenvalue weighted by Gasteiger charge is 2.28. The normalized spacial score (nSPS) is 16.0. The van der Waals surface area contributed by atoms with E-state index in [4.69, 9.17) is 14.7 Å². The van der Waals surface area contributed by atoms with Gasteiger partial charge in [0.2, 0.25) is 5.88 Å². The minimum Gasteiger partial charge on any atom is -0.494 e. The van der Waals surface area contributed by atoms with Gasteiger partial charge in [0.05, 0.1) is 24.8 Å². The molecule has 7 heteroatoms. The van der Waals surface area contributed by atoms with Crippen molar-refractivity contribution in [2.75, 3.05) is 25.0 Å². The maximum absolute atomic E-state index is 12.4. The lowest BCUT2D eigenvalue weighted by atomic mass is 10.3. The highest BCUT2D eigenvalue weighted by molar-refractivity contribution is 5.89. The number of nitrogens with zero attached hydrogens (tertiary/aromatic N) is 3. The third-order valence-electron chi connectivity index (χ3n) is 4.00. The quantitative estimate of drug-likeness (QED) is 0.894. The van der Waals surface area contributed by atoms with E-state index in [9.17, 15) is 4.79 Å². The van der Waals surface area contributed by atoms with E-state index in [1.807, 2.05) is 31.2 Å². The number of pyridine rings is 1. The van der Waals surface area contributed by atoms with E-state index in [2.05, 4.69) is 16.4 Å². The van der Waals surface area contributed by atoms with Gasteiger partial charge in [-0.05, 0) is 37.3 Å². The first-order chi connectivity index (χ1) is 12.7. The molecule has 1 N–H and O–H groups in total.